The zero-order valence-corrected chi connectivity index (χ0v) is 23.6. The second kappa shape index (κ2) is 17.5. The van der Waals surface area contributed by atoms with E-state index < -0.39 is 0 Å². The van der Waals surface area contributed by atoms with Gasteiger partial charge in [-0.2, -0.15) is 0 Å². The van der Waals surface area contributed by atoms with Crippen LogP contribution in [0.4, 0.5) is 0 Å². The van der Waals surface area contributed by atoms with Gasteiger partial charge in [0.15, 0.2) is 0 Å². The molecule has 0 atom stereocenters. The first-order valence-electron chi connectivity index (χ1n) is 16.1. The molecule has 2 heteroatoms. The highest BCUT2D eigenvalue weighted by Gasteiger charge is 2.26. The molecule has 1 aromatic rings. The van der Waals surface area contributed by atoms with Crippen LogP contribution in [0.3, 0.4) is 0 Å². The summed E-state index contributed by atoms with van der Waals surface area (Å²) in [7, 11) is 0. The quantitative estimate of drug-likeness (QED) is 0.206. The van der Waals surface area contributed by atoms with Crippen molar-refractivity contribution in [3.8, 4) is 0 Å². The summed E-state index contributed by atoms with van der Waals surface area (Å²) in [6.45, 7) is 4.64. The van der Waals surface area contributed by atoms with Crippen LogP contribution in [-0.4, -0.2) is 9.97 Å². The molecule has 0 saturated heterocycles. The largest absolute Gasteiger partial charge is 0.241 e. The summed E-state index contributed by atoms with van der Waals surface area (Å²) in [5.41, 5.74) is 1.34. The maximum absolute atomic E-state index is 4.82. The number of unbranched alkanes of at least 4 members (excludes halogenated alkanes) is 9. The lowest BCUT2D eigenvalue weighted by Gasteiger charge is -2.31. The lowest BCUT2D eigenvalue weighted by Crippen LogP contribution is -2.18. The van der Waals surface area contributed by atoms with Crippen molar-refractivity contribution in [1.82, 2.24) is 9.97 Å². The molecule has 1 heterocycles. The van der Waals surface area contributed by atoms with E-state index in [1.165, 1.54) is 147 Å². The number of hydrogen-bond acceptors (Lipinski definition) is 2. The molecule has 0 bridgehead atoms. The fraction of sp³-hybridized carbons (Fsp3) is 0.879. The highest BCUT2D eigenvalue weighted by Crippen LogP contribution is 2.39. The van der Waals surface area contributed by atoms with Gasteiger partial charge in [0.1, 0.15) is 5.82 Å². The van der Waals surface area contributed by atoms with Crippen LogP contribution in [0.2, 0.25) is 0 Å². The van der Waals surface area contributed by atoms with Crippen molar-refractivity contribution in [3.05, 3.63) is 23.8 Å². The first kappa shape index (κ1) is 28.6. The van der Waals surface area contributed by atoms with Crippen LogP contribution in [0, 0.1) is 17.8 Å². The lowest BCUT2D eigenvalue weighted by atomic mass is 9.75. The van der Waals surface area contributed by atoms with Gasteiger partial charge in [0.2, 0.25) is 0 Å². The topological polar surface area (TPSA) is 25.8 Å². The highest BCUT2D eigenvalue weighted by atomic mass is 14.9. The van der Waals surface area contributed by atoms with Crippen LogP contribution in [0.25, 0.3) is 0 Å². The molecule has 0 aliphatic heterocycles. The van der Waals surface area contributed by atoms with E-state index in [1.807, 2.05) is 0 Å². The van der Waals surface area contributed by atoms with Gasteiger partial charge in [0, 0.05) is 18.3 Å². The van der Waals surface area contributed by atoms with Crippen molar-refractivity contribution in [2.45, 2.75) is 167 Å². The average Bonchev–Trinajstić information content (AvgIpc) is 2.90. The number of nitrogens with zero attached hydrogens (tertiary/aromatic N) is 2. The van der Waals surface area contributed by atoms with E-state index in [2.05, 4.69) is 26.2 Å². The maximum Gasteiger partial charge on any atom is 0.131 e. The molecular formula is C33H58N2. The Bertz CT molecular complexity index is 623. The minimum Gasteiger partial charge on any atom is -0.241 e. The predicted octanol–water partition coefficient (Wildman–Crippen LogP) is 10.6. The summed E-state index contributed by atoms with van der Waals surface area (Å²) in [6.07, 6.45) is 36.7. The van der Waals surface area contributed by atoms with E-state index >= 15 is 0 Å². The van der Waals surface area contributed by atoms with Crippen molar-refractivity contribution < 1.29 is 0 Å². The Labute approximate surface area is 218 Å². The van der Waals surface area contributed by atoms with Crippen molar-refractivity contribution in [1.29, 1.82) is 0 Å². The number of rotatable bonds is 17. The van der Waals surface area contributed by atoms with Crippen LogP contribution >= 0.6 is 0 Å². The molecule has 0 radical (unpaired) electrons. The summed E-state index contributed by atoms with van der Waals surface area (Å²) in [4.78, 5) is 9.64. The molecule has 2 saturated carbocycles. The van der Waals surface area contributed by atoms with Crippen molar-refractivity contribution in [2.24, 2.45) is 17.8 Å². The number of hydrogen-bond donors (Lipinski definition) is 0. The fourth-order valence-electron chi connectivity index (χ4n) is 6.92. The van der Waals surface area contributed by atoms with Gasteiger partial charge >= 0.3 is 0 Å². The van der Waals surface area contributed by atoms with Crippen molar-refractivity contribution in [3.63, 3.8) is 0 Å². The van der Waals surface area contributed by atoms with Crippen molar-refractivity contribution >= 4 is 0 Å². The van der Waals surface area contributed by atoms with Crippen LogP contribution in [0.1, 0.15) is 172 Å². The monoisotopic (exact) mass is 482 g/mol. The summed E-state index contributed by atoms with van der Waals surface area (Å²) in [6, 6.07) is 0. The smallest absolute Gasteiger partial charge is 0.131 e. The Morgan fingerprint density at radius 2 is 1.00 bits per heavy atom. The van der Waals surface area contributed by atoms with E-state index in [4.69, 9.17) is 9.97 Å². The molecule has 35 heavy (non-hydrogen) atoms. The van der Waals surface area contributed by atoms with Gasteiger partial charge in [-0.1, -0.05) is 123 Å². The van der Waals surface area contributed by atoms with E-state index in [9.17, 15) is 0 Å². The maximum atomic E-state index is 4.82. The first-order valence-corrected chi connectivity index (χ1v) is 16.1. The number of aromatic nitrogens is 2. The second-order valence-electron chi connectivity index (χ2n) is 12.4. The molecule has 2 aliphatic rings. The lowest BCUT2D eigenvalue weighted by molar-refractivity contribution is 0.223. The molecule has 2 aliphatic carbocycles. The van der Waals surface area contributed by atoms with Crippen LogP contribution in [0.15, 0.2) is 12.4 Å². The first-order chi connectivity index (χ1) is 17.3. The molecule has 1 aromatic heterocycles. The minimum absolute atomic E-state index is 0.613. The molecular weight excluding hydrogens is 424 g/mol. The molecule has 0 N–H and O–H groups in total. The van der Waals surface area contributed by atoms with Gasteiger partial charge in [-0.15, -0.1) is 0 Å². The molecule has 0 aromatic carbocycles. The molecule has 0 spiro atoms. The summed E-state index contributed by atoms with van der Waals surface area (Å²) >= 11 is 0. The molecule has 3 rings (SSSR count). The fourth-order valence-corrected chi connectivity index (χ4v) is 6.92. The average molecular weight is 483 g/mol. The molecule has 2 fully saturated rings. The normalized spacial score (nSPS) is 25.1. The number of aryl methyl sites for hydroxylation is 1. The second-order valence-corrected chi connectivity index (χ2v) is 12.4. The van der Waals surface area contributed by atoms with Crippen molar-refractivity contribution in [2.75, 3.05) is 0 Å². The summed E-state index contributed by atoms with van der Waals surface area (Å²) in [5.74, 6) is 4.79. The van der Waals surface area contributed by atoms with E-state index in [0.29, 0.717) is 5.92 Å². The third-order valence-electron chi connectivity index (χ3n) is 9.40. The van der Waals surface area contributed by atoms with Crippen LogP contribution in [-0.2, 0) is 6.42 Å². The van der Waals surface area contributed by atoms with Gasteiger partial charge in [-0.3, -0.25) is 0 Å². The predicted molar refractivity (Wildman–Crippen MR) is 152 cm³/mol. The van der Waals surface area contributed by atoms with E-state index in [-0.39, 0.29) is 0 Å². The van der Waals surface area contributed by atoms with E-state index in [0.717, 1.165) is 30.0 Å². The zero-order chi connectivity index (χ0) is 24.6. The SMILES string of the molecule is CCCCCCCCCCCCc1cnc(C2CCC(CCC3CCC(CCC)CC3)CC2)nc1. The molecule has 2 nitrogen and oxygen atoms in total. The standard InChI is InChI=1S/C33H58N2/c1-3-5-6-7-8-9-10-11-12-13-15-31-26-34-33(35-27-31)32-24-22-30(23-25-32)21-20-29-18-16-28(14-4-2)17-19-29/h26-30,32H,3-25H2,1-2H3. The van der Waals surface area contributed by atoms with Crippen LogP contribution < -0.4 is 0 Å². The third kappa shape index (κ3) is 11.3. The Balaban J connectivity index is 1.22. The van der Waals surface area contributed by atoms with Gasteiger partial charge in [-0.05, 0) is 61.8 Å². The third-order valence-corrected chi connectivity index (χ3v) is 9.40. The zero-order valence-electron chi connectivity index (χ0n) is 23.6. The Morgan fingerprint density at radius 1 is 0.543 bits per heavy atom. The summed E-state index contributed by atoms with van der Waals surface area (Å²) < 4.78 is 0. The Kier molecular flexibility index (Phi) is 14.3. The highest BCUT2D eigenvalue weighted by molar-refractivity contribution is 5.08. The Hall–Kier alpha value is -0.920. The van der Waals surface area contributed by atoms with E-state index in [1.54, 1.807) is 0 Å². The van der Waals surface area contributed by atoms with Gasteiger partial charge < -0.3 is 0 Å². The molecule has 0 unspecified atom stereocenters. The molecule has 200 valence electrons. The van der Waals surface area contributed by atoms with Crippen LogP contribution in [0.5, 0.6) is 0 Å². The van der Waals surface area contributed by atoms with Gasteiger partial charge in [0.25, 0.3) is 0 Å². The minimum atomic E-state index is 0.613. The Morgan fingerprint density at radius 3 is 1.51 bits per heavy atom. The summed E-state index contributed by atoms with van der Waals surface area (Å²) in [5, 5.41) is 0. The van der Waals surface area contributed by atoms with Gasteiger partial charge in [-0.25, -0.2) is 9.97 Å². The van der Waals surface area contributed by atoms with Gasteiger partial charge in [0.05, 0.1) is 0 Å². The molecule has 0 amide bonds.